The van der Waals surface area contributed by atoms with Crippen LogP contribution in [0.4, 0.5) is 0 Å². The largest absolute Gasteiger partial charge is 0.393 e. The summed E-state index contributed by atoms with van der Waals surface area (Å²) in [5.74, 6) is 0.706. The van der Waals surface area contributed by atoms with Gasteiger partial charge in [0, 0.05) is 18.4 Å². The summed E-state index contributed by atoms with van der Waals surface area (Å²) in [5, 5.41) is 13.7. The average Bonchev–Trinajstić information content (AvgIpc) is 2.56. The Kier molecular flexibility index (Phi) is 2.87. The summed E-state index contributed by atoms with van der Waals surface area (Å²) in [6.07, 6.45) is 6.01. The first-order valence-corrected chi connectivity index (χ1v) is 5.42. The molecule has 0 unspecified atom stereocenters. The van der Waals surface area contributed by atoms with Gasteiger partial charge in [0.05, 0.1) is 6.10 Å². The maximum absolute atomic E-state index is 9.39. The van der Waals surface area contributed by atoms with Gasteiger partial charge in [-0.2, -0.15) is 5.10 Å². The molecular weight excluding hydrogens is 176 g/mol. The van der Waals surface area contributed by atoms with Gasteiger partial charge in [-0.1, -0.05) is 0 Å². The van der Waals surface area contributed by atoms with Crippen LogP contribution < -0.4 is 0 Å². The maximum atomic E-state index is 9.39. The lowest BCUT2D eigenvalue weighted by Gasteiger charge is -2.25. The van der Waals surface area contributed by atoms with Crippen molar-refractivity contribution in [2.24, 2.45) is 5.92 Å². The van der Waals surface area contributed by atoms with E-state index in [1.54, 1.807) is 0 Å². The molecule has 0 spiro atoms. The number of rotatable bonds is 2. The second-order valence-electron chi connectivity index (χ2n) is 4.33. The van der Waals surface area contributed by atoms with Crippen LogP contribution in [0.5, 0.6) is 0 Å². The summed E-state index contributed by atoms with van der Waals surface area (Å²) < 4.78 is 2.07. The minimum Gasteiger partial charge on any atom is -0.393 e. The summed E-state index contributed by atoms with van der Waals surface area (Å²) in [7, 11) is 0. The molecule has 1 aliphatic rings. The lowest BCUT2D eigenvalue weighted by molar-refractivity contribution is 0.103. The van der Waals surface area contributed by atoms with Crippen LogP contribution in [0.15, 0.2) is 12.3 Å². The molecule has 1 fully saturated rings. The number of hydrogen-bond acceptors (Lipinski definition) is 2. The molecule has 1 aromatic heterocycles. The van der Waals surface area contributed by atoms with E-state index in [1.165, 1.54) is 5.69 Å². The molecule has 2 rings (SSSR count). The molecular formula is C11H18N2O. The molecule has 1 N–H and O–H groups in total. The van der Waals surface area contributed by atoms with Gasteiger partial charge in [0.1, 0.15) is 0 Å². The number of aromatic nitrogens is 2. The standard InChI is InChI=1S/C11H18N2O/c1-9-6-7-12-13(9)8-10-2-4-11(14)5-3-10/h6-7,10-11,14H,2-5,8H2,1H3. The van der Waals surface area contributed by atoms with Gasteiger partial charge >= 0.3 is 0 Å². The van der Waals surface area contributed by atoms with Gasteiger partial charge in [0.15, 0.2) is 0 Å². The van der Waals surface area contributed by atoms with Crippen molar-refractivity contribution in [1.82, 2.24) is 9.78 Å². The molecule has 0 aromatic carbocycles. The van der Waals surface area contributed by atoms with E-state index < -0.39 is 0 Å². The third-order valence-electron chi connectivity index (χ3n) is 3.18. The molecule has 0 bridgehead atoms. The molecule has 0 saturated heterocycles. The van der Waals surface area contributed by atoms with Crippen LogP contribution in [-0.4, -0.2) is 21.0 Å². The molecule has 78 valence electrons. The number of aryl methyl sites for hydroxylation is 1. The fourth-order valence-electron chi connectivity index (χ4n) is 2.16. The monoisotopic (exact) mass is 194 g/mol. The lowest BCUT2D eigenvalue weighted by atomic mass is 9.87. The summed E-state index contributed by atoms with van der Waals surface area (Å²) in [5.41, 5.74) is 1.23. The van der Waals surface area contributed by atoms with Crippen molar-refractivity contribution in [3.8, 4) is 0 Å². The van der Waals surface area contributed by atoms with Gasteiger partial charge in [-0.05, 0) is 44.6 Å². The normalized spacial score (nSPS) is 27.9. The Morgan fingerprint density at radius 1 is 1.43 bits per heavy atom. The molecule has 3 nitrogen and oxygen atoms in total. The lowest BCUT2D eigenvalue weighted by Crippen LogP contribution is -2.22. The highest BCUT2D eigenvalue weighted by Gasteiger charge is 2.19. The van der Waals surface area contributed by atoms with Crippen molar-refractivity contribution in [2.45, 2.75) is 45.3 Å². The Labute approximate surface area is 84.7 Å². The molecule has 1 aliphatic carbocycles. The highest BCUT2D eigenvalue weighted by molar-refractivity contribution is 4.96. The van der Waals surface area contributed by atoms with E-state index in [0.29, 0.717) is 5.92 Å². The van der Waals surface area contributed by atoms with Gasteiger partial charge in [-0.3, -0.25) is 4.68 Å². The second-order valence-corrected chi connectivity index (χ2v) is 4.33. The first-order chi connectivity index (χ1) is 6.75. The molecule has 1 saturated carbocycles. The van der Waals surface area contributed by atoms with Crippen molar-refractivity contribution in [1.29, 1.82) is 0 Å². The van der Waals surface area contributed by atoms with Crippen molar-refractivity contribution < 1.29 is 5.11 Å². The first kappa shape index (κ1) is 9.71. The zero-order valence-corrected chi connectivity index (χ0v) is 8.69. The fourth-order valence-corrected chi connectivity index (χ4v) is 2.16. The number of nitrogens with zero attached hydrogens (tertiary/aromatic N) is 2. The van der Waals surface area contributed by atoms with E-state index in [-0.39, 0.29) is 6.10 Å². The molecule has 1 heterocycles. The van der Waals surface area contributed by atoms with Gasteiger partial charge in [0.25, 0.3) is 0 Å². The average molecular weight is 194 g/mol. The Morgan fingerprint density at radius 2 is 2.14 bits per heavy atom. The predicted octanol–water partition coefficient (Wildman–Crippen LogP) is 1.74. The van der Waals surface area contributed by atoms with Gasteiger partial charge in [0.2, 0.25) is 0 Å². The van der Waals surface area contributed by atoms with Crippen molar-refractivity contribution in [2.75, 3.05) is 0 Å². The second kappa shape index (κ2) is 4.13. The molecule has 0 amide bonds. The zero-order valence-electron chi connectivity index (χ0n) is 8.69. The predicted molar refractivity (Wildman–Crippen MR) is 54.9 cm³/mol. The molecule has 3 heteroatoms. The summed E-state index contributed by atoms with van der Waals surface area (Å²) >= 11 is 0. The van der Waals surface area contributed by atoms with Crippen LogP contribution in [0.25, 0.3) is 0 Å². The minimum atomic E-state index is -0.0510. The molecule has 14 heavy (non-hydrogen) atoms. The SMILES string of the molecule is Cc1ccnn1CC1CCC(O)CC1. The Hall–Kier alpha value is -0.830. The molecule has 1 aromatic rings. The Bertz CT molecular complexity index is 287. The Morgan fingerprint density at radius 3 is 2.71 bits per heavy atom. The van der Waals surface area contributed by atoms with Gasteiger partial charge < -0.3 is 5.11 Å². The summed E-state index contributed by atoms with van der Waals surface area (Å²) in [6.45, 7) is 3.11. The fraction of sp³-hybridized carbons (Fsp3) is 0.727. The smallest absolute Gasteiger partial charge is 0.0540 e. The first-order valence-electron chi connectivity index (χ1n) is 5.42. The molecule has 0 atom stereocenters. The van der Waals surface area contributed by atoms with Crippen LogP contribution in [0.1, 0.15) is 31.4 Å². The summed E-state index contributed by atoms with van der Waals surface area (Å²) in [6, 6.07) is 2.04. The van der Waals surface area contributed by atoms with E-state index >= 15 is 0 Å². The number of aliphatic hydroxyl groups is 1. The van der Waals surface area contributed by atoms with Gasteiger partial charge in [-0.25, -0.2) is 0 Å². The summed E-state index contributed by atoms with van der Waals surface area (Å²) in [4.78, 5) is 0. The van der Waals surface area contributed by atoms with Crippen molar-refractivity contribution in [3.63, 3.8) is 0 Å². The molecule has 0 radical (unpaired) electrons. The Balaban J connectivity index is 1.89. The highest BCUT2D eigenvalue weighted by atomic mass is 16.3. The van der Waals surface area contributed by atoms with Crippen molar-refractivity contribution in [3.05, 3.63) is 18.0 Å². The molecule has 0 aliphatic heterocycles. The van der Waals surface area contributed by atoms with Crippen LogP contribution >= 0.6 is 0 Å². The van der Waals surface area contributed by atoms with Crippen LogP contribution in [-0.2, 0) is 6.54 Å². The topological polar surface area (TPSA) is 38.0 Å². The number of hydrogen-bond donors (Lipinski definition) is 1. The van der Waals surface area contributed by atoms with Crippen LogP contribution in [0.3, 0.4) is 0 Å². The van der Waals surface area contributed by atoms with Crippen molar-refractivity contribution >= 4 is 0 Å². The van der Waals surface area contributed by atoms with Crippen LogP contribution in [0.2, 0.25) is 0 Å². The van der Waals surface area contributed by atoms with E-state index in [2.05, 4.69) is 16.7 Å². The van der Waals surface area contributed by atoms with E-state index in [4.69, 9.17) is 0 Å². The third-order valence-corrected chi connectivity index (χ3v) is 3.18. The van der Waals surface area contributed by atoms with E-state index in [0.717, 1.165) is 32.2 Å². The van der Waals surface area contributed by atoms with E-state index in [1.807, 2.05) is 12.3 Å². The quantitative estimate of drug-likeness (QED) is 0.778. The van der Waals surface area contributed by atoms with Gasteiger partial charge in [-0.15, -0.1) is 0 Å². The van der Waals surface area contributed by atoms with Crippen LogP contribution in [0, 0.1) is 12.8 Å². The third kappa shape index (κ3) is 2.15. The minimum absolute atomic E-state index is 0.0510. The number of aliphatic hydroxyl groups excluding tert-OH is 1. The maximum Gasteiger partial charge on any atom is 0.0540 e. The highest BCUT2D eigenvalue weighted by Crippen LogP contribution is 2.25. The zero-order chi connectivity index (χ0) is 9.97. The van der Waals surface area contributed by atoms with E-state index in [9.17, 15) is 5.11 Å².